The molecule has 2 heteroatoms. The van der Waals surface area contributed by atoms with Gasteiger partial charge in [-0.3, -0.25) is 0 Å². The molecule has 0 rings (SSSR count). The van der Waals surface area contributed by atoms with Gasteiger partial charge < -0.3 is 4.90 Å². The first kappa shape index (κ1) is 9.89. The molecule has 0 aliphatic heterocycles. The van der Waals surface area contributed by atoms with E-state index in [9.17, 15) is 0 Å². The van der Waals surface area contributed by atoms with Crippen LogP contribution in [0.3, 0.4) is 0 Å². The van der Waals surface area contributed by atoms with Gasteiger partial charge in [-0.2, -0.15) is 0 Å². The topological polar surface area (TPSA) is 3.24 Å². The molecule has 2 unspecified atom stereocenters. The number of hydrogen-bond acceptors (Lipinski definition) is 1. The van der Waals surface area contributed by atoms with E-state index >= 15 is 0 Å². The molecule has 0 saturated carbocycles. The quantitative estimate of drug-likeness (QED) is 0.579. The van der Waals surface area contributed by atoms with Crippen LogP contribution < -0.4 is 0 Å². The van der Waals surface area contributed by atoms with Crippen LogP contribution >= 0.6 is 12.2 Å². The van der Waals surface area contributed by atoms with E-state index in [1.807, 2.05) is 7.05 Å². The van der Waals surface area contributed by atoms with Crippen molar-refractivity contribution in [1.82, 2.24) is 4.90 Å². The number of thiocarbonyl (C=S) groups is 1. The number of hydrogen-bond donors (Lipinski definition) is 0. The van der Waals surface area contributed by atoms with Crippen molar-refractivity contribution in [2.75, 3.05) is 7.05 Å². The van der Waals surface area contributed by atoms with E-state index in [0.29, 0.717) is 6.04 Å². The van der Waals surface area contributed by atoms with E-state index in [2.05, 4.69) is 25.7 Å². The third-order valence-electron chi connectivity index (χ3n) is 2.28. The molecule has 0 spiro atoms. The van der Waals surface area contributed by atoms with Gasteiger partial charge in [-0.15, -0.1) is 0 Å². The van der Waals surface area contributed by atoms with Gasteiger partial charge in [-0.25, -0.2) is 0 Å². The highest BCUT2D eigenvalue weighted by atomic mass is 32.1. The van der Waals surface area contributed by atoms with Crippen LogP contribution in [0, 0.1) is 5.92 Å². The summed E-state index contributed by atoms with van der Waals surface area (Å²) in [5.41, 5.74) is 1.72. The second kappa shape index (κ2) is 4.67. The zero-order chi connectivity index (χ0) is 8.15. The minimum absolute atomic E-state index is 0.572. The van der Waals surface area contributed by atoms with Gasteiger partial charge in [0.1, 0.15) is 0 Å². The highest BCUT2D eigenvalue weighted by Crippen LogP contribution is 2.10. The van der Waals surface area contributed by atoms with Crippen molar-refractivity contribution < 1.29 is 0 Å². The Balaban J connectivity index is 3.80. The van der Waals surface area contributed by atoms with E-state index in [0.717, 1.165) is 5.92 Å². The second-order valence-electron chi connectivity index (χ2n) is 2.90. The van der Waals surface area contributed by atoms with E-state index < -0.39 is 0 Å². The van der Waals surface area contributed by atoms with Gasteiger partial charge in [-0.05, 0) is 12.8 Å². The fourth-order valence-corrected chi connectivity index (χ4v) is 1.03. The number of nitrogens with zero attached hydrogens (tertiary/aromatic N) is 1. The van der Waals surface area contributed by atoms with Crippen LogP contribution in [0.15, 0.2) is 0 Å². The molecule has 2 atom stereocenters. The first-order chi connectivity index (χ1) is 4.63. The minimum Gasteiger partial charge on any atom is -0.369 e. The molecule has 0 radical (unpaired) electrons. The Morgan fingerprint density at radius 1 is 1.50 bits per heavy atom. The van der Waals surface area contributed by atoms with Gasteiger partial charge in [0.05, 0.1) is 5.49 Å². The summed E-state index contributed by atoms with van der Waals surface area (Å²) in [5.74, 6) is 0.726. The summed E-state index contributed by atoms with van der Waals surface area (Å²) in [5, 5.41) is 0. The molecule has 0 aliphatic rings. The maximum Gasteiger partial charge on any atom is 0.0640 e. The fraction of sp³-hybridized carbons (Fsp3) is 0.875. The highest BCUT2D eigenvalue weighted by molar-refractivity contribution is 7.78. The Kier molecular flexibility index (Phi) is 4.62. The first-order valence-electron chi connectivity index (χ1n) is 3.80. The molecule has 60 valence electrons. The highest BCUT2D eigenvalue weighted by Gasteiger charge is 2.11. The van der Waals surface area contributed by atoms with Gasteiger partial charge >= 0.3 is 0 Å². The lowest BCUT2D eigenvalue weighted by molar-refractivity contribution is 0.297. The Bertz CT molecular complexity index is 103. The minimum atomic E-state index is 0.572. The fourth-order valence-electron chi connectivity index (χ4n) is 0.839. The summed E-state index contributed by atoms with van der Waals surface area (Å²) < 4.78 is 0. The normalized spacial score (nSPS) is 16.0. The standard InChI is InChI=1S/C8H17NS/c1-5-7(2)8(3)9(4)6-10/h6-8H,5H2,1-4H3. The summed E-state index contributed by atoms with van der Waals surface area (Å²) in [4.78, 5) is 2.09. The smallest absolute Gasteiger partial charge is 0.0640 e. The van der Waals surface area contributed by atoms with Gasteiger partial charge in [0.15, 0.2) is 0 Å². The van der Waals surface area contributed by atoms with Crippen molar-refractivity contribution >= 4 is 17.7 Å². The van der Waals surface area contributed by atoms with Gasteiger partial charge in [-0.1, -0.05) is 32.5 Å². The van der Waals surface area contributed by atoms with E-state index in [-0.39, 0.29) is 0 Å². The van der Waals surface area contributed by atoms with Crippen LogP contribution in [0.4, 0.5) is 0 Å². The van der Waals surface area contributed by atoms with E-state index in [1.54, 1.807) is 5.49 Å². The lowest BCUT2D eigenvalue weighted by atomic mass is 10.0. The molecular weight excluding hydrogens is 142 g/mol. The zero-order valence-electron chi connectivity index (χ0n) is 7.29. The molecule has 0 aliphatic carbocycles. The molecule has 0 bridgehead atoms. The maximum atomic E-state index is 4.82. The van der Waals surface area contributed by atoms with Crippen molar-refractivity contribution in [2.24, 2.45) is 5.92 Å². The molecular formula is C8H17NS. The molecule has 0 heterocycles. The summed E-state index contributed by atoms with van der Waals surface area (Å²) in [6.45, 7) is 6.66. The lowest BCUT2D eigenvalue weighted by Gasteiger charge is -2.26. The average Bonchev–Trinajstić information content (AvgIpc) is 2.00. The molecule has 0 aromatic heterocycles. The van der Waals surface area contributed by atoms with Gasteiger partial charge in [0, 0.05) is 13.1 Å². The van der Waals surface area contributed by atoms with Crippen LogP contribution in [0.2, 0.25) is 0 Å². The summed E-state index contributed by atoms with van der Waals surface area (Å²) in [6.07, 6.45) is 1.22. The summed E-state index contributed by atoms with van der Waals surface area (Å²) >= 11 is 4.82. The van der Waals surface area contributed by atoms with Crippen molar-refractivity contribution in [3.05, 3.63) is 0 Å². The monoisotopic (exact) mass is 159 g/mol. The molecule has 0 aromatic rings. The van der Waals surface area contributed by atoms with E-state index in [1.165, 1.54) is 6.42 Å². The second-order valence-corrected chi connectivity index (χ2v) is 3.11. The SMILES string of the molecule is CCC(C)C(C)N(C)C=S. The molecule has 0 saturated heterocycles. The first-order valence-corrected chi connectivity index (χ1v) is 4.27. The van der Waals surface area contributed by atoms with Gasteiger partial charge in [0.25, 0.3) is 0 Å². The molecule has 0 N–H and O–H groups in total. The van der Waals surface area contributed by atoms with Crippen LogP contribution in [-0.2, 0) is 0 Å². The predicted molar refractivity (Wildman–Crippen MR) is 50.3 cm³/mol. The third kappa shape index (κ3) is 2.65. The third-order valence-corrected chi connectivity index (χ3v) is 2.61. The van der Waals surface area contributed by atoms with Crippen molar-refractivity contribution in [3.63, 3.8) is 0 Å². The molecule has 1 nitrogen and oxygen atoms in total. The van der Waals surface area contributed by atoms with Crippen LogP contribution in [0.1, 0.15) is 27.2 Å². The molecule has 0 amide bonds. The van der Waals surface area contributed by atoms with E-state index in [4.69, 9.17) is 12.2 Å². The number of rotatable bonds is 4. The summed E-state index contributed by atoms with van der Waals surface area (Å²) in [7, 11) is 2.03. The van der Waals surface area contributed by atoms with Crippen molar-refractivity contribution in [1.29, 1.82) is 0 Å². The molecule has 0 fully saturated rings. The molecule has 0 aromatic carbocycles. The largest absolute Gasteiger partial charge is 0.369 e. The Morgan fingerprint density at radius 3 is 2.30 bits per heavy atom. The van der Waals surface area contributed by atoms with Crippen molar-refractivity contribution in [2.45, 2.75) is 33.2 Å². The Morgan fingerprint density at radius 2 is 2.00 bits per heavy atom. The predicted octanol–water partition coefficient (Wildman–Crippen LogP) is 2.31. The summed E-state index contributed by atoms with van der Waals surface area (Å²) in [6, 6.07) is 0.572. The Hall–Kier alpha value is -0.110. The van der Waals surface area contributed by atoms with Crippen LogP contribution in [-0.4, -0.2) is 23.5 Å². The zero-order valence-corrected chi connectivity index (χ0v) is 8.11. The Labute approximate surface area is 69.4 Å². The van der Waals surface area contributed by atoms with Crippen molar-refractivity contribution in [3.8, 4) is 0 Å². The van der Waals surface area contributed by atoms with Crippen LogP contribution in [0.25, 0.3) is 0 Å². The maximum absolute atomic E-state index is 4.82. The van der Waals surface area contributed by atoms with Crippen LogP contribution in [0.5, 0.6) is 0 Å². The lowest BCUT2D eigenvalue weighted by Crippen LogP contribution is -2.32. The van der Waals surface area contributed by atoms with Gasteiger partial charge in [0.2, 0.25) is 0 Å². The molecule has 10 heavy (non-hydrogen) atoms. The average molecular weight is 159 g/mol.